The fraction of sp³-hybridized carbons (Fsp3) is 0.414. The number of benzene rings is 2. The molecule has 0 N–H and O–H groups in total. The molecule has 1 aromatic heterocycles. The van der Waals surface area contributed by atoms with Crippen molar-refractivity contribution in [2.24, 2.45) is 0 Å². The number of aromatic nitrogens is 2. The zero-order chi connectivity index (χ0) is 25.9. The molecule has 1 saturated heterocycles. The first-order chi connectivity index (χ1) is 17.9. The van der Waals surface area contributed by atoms with Crippen LogP contribution in [-0.2, 0) is 24.2 Å². The van der Waals surface area contributed by atoms with E-state index in [1.165, 1.54) is 11.3 Å². The van der Waals surface area contributed by atoms with Crippen LogP contribution in [0.2, 0.25) is 0 Å². The lowest BCUT2D eigenvalue weighted by Gasteiger charge is -2.37. The molecule has 194 valence electrons. The van der Waals surface area contributed by atoms with Crippen LogP contribution in [0.5, 0.6) is 5.75 Å². The van der Waals surface area contributed by atoms with E-state index in [4.69, 9.17) is 14.7 Å². The number of carbonyl (C=O) groups is 1. The van der Waals surface area contributed by atoms with Crippen LogP contribution < -0.4 is 19.4 Å². The number of piperazine rings is 1. The highest BCUT2D eigenvalue weighted by molar-refractivity contribution is 5.79. The molecule has 3 aromatic rings. The maximum atomic E-state index is 13.1. The molecule has 8 nitrogen and oxygen atoms in total. The van der Waals surface area contributed by atoms with Gasteiger partial charge in [0, 0.05) is 64.5 Å². The van der Waals surface area contributed by atoms with Crippen molar-refractivity contribution < 1.29 is 9.53 Å². The largest absolute Gasteiger partial charge is 0.497 e. The molecule has 1 amide bonds. The molecule has 0 atom stereocenters. The van der Waals surface area contributed by atoms with Crippen LogP contribution in [0.25, 0.3) is 0 Å². The molecule has 1 fully saturated rings. The van der Waals surface area contributed by atoms with E-state index < -0.39 is 0 Å². The average molecular weight is 501 g/mol. The van der Waals surface area contributed by atoms with E-state index in [-0.39, 0.29) is 5.91 Å². The third-order valence-corrected chi connectivity index (χ3v) is 7.28. The first-order valence-electron chi connectivity index (χ1n) is 13.0. The van der Waals surface area contributed by atoms with Gasteiger partial charge in [-0.2, -0.15) is 4.98 Å². The Labute approximate surface area is 219 Å². The summed E-state index contributed by atoms with van der Waals surface area (Å²) in [6.45, 7) is 6.97. The second-order valence-electron chi connectivity index (χ2n) is 10.1. The second kappa shape index (κ2) is 10.7. The Morgan fingerprint density at radius 1 is 0.919 bits per heavy atom. The number of rotatable bonds is 6. The van der Waals surface area contributed by atoms with E-state index in [9.17, 15) is 4.79 Å². The predicted octanol–water partition coefficient (Wildman–Crippen LogP) is 3.31. The Bertz CT molecular complexity index is 1230. The summed E-state index contributed by atoms with van der Waals surface area (Å²) in [6.07, 6.45) is 1.12. The fourth-order valence-corrected chi connectivity index (χ4v) is 5.06. The minimum absolute atomic E-state index is 0.122. The van der Waals surface area contributed by atoms with Crippen LogP contribution in [0, 0.1) is 6.92 Å². The Hall–Kier alpha value is -3.81. The monoisotopic (exact) mass is 500 g/mol. The van der Waals surface area contributed by atoms with Crippen LogP contribution in [0.1, 0.15) is 22.4 Å². The van der Waals surface area contributed by atoms with Gasteiger partial charge in [-0.25, -0.2) is 4.98 Å². The van der Waals surface area contributed by atoms with Gasteiger partial charge in [-0.1, -0.05) is 29.8 Å². The molecule has 2 aliphatic heterocycles. The van der Waals surface area contributed by atoms with Gasteiger partial charge >= 0.3 is 0 Å². The van der Waals surface area contributed by atoms with Gasteiger partial charge < -0.3 is 24.3 Å². The highest BCUT2D eigenvalue weighted by Crippen LogP contribution is 2.29. The molecule has 0 saturated carbocycles. The van der Waals surface area contributed by atoms with Gasteiger partial charge in [0.2, 0.25) is 11.9 Å². The first kappa shape index (κ1) is 24.9. The number of fused-ring (bicyclic) bond motifs is 1. The van der Waals surface area contributed by atoms with Crippen molar-refractivity contribution in [1.82, 2.24) is 14.9 Å². The highest BCUT2D eigenvalue weighted by atomic mass is 16.5. The third kappa shape index (κ3) is 5.48. The summed E-state index contributed by atoms with van der Waals surface area (Å²) in [5.41, 5.74) is 5.65. The second-order valence-corrected chi connectivity index (χ2v) is 10.1. The number of hydrogen-bond acceptors (Lipinski definition) is 7. The lowest BCUT2D eigenvalue weighted by atomic mass is 10.0. The van der Waals surface area contributed by atoms with Gasteiger partial charge in [-0.05, 0) is 36.8 Å². The summed E-state index contributed by atoms with van der Waals surface area (Å²) in [4.78, 5) is 31.8. The standard InChI is InChI=1S/C29H36N6O2/c1-21-5-9-23(10-6-21)33-15-17-34(18-16-33)29-30-26-13-14-35(20-25(26)28(31-29)32(2)3)27(36)19-22-7-11-24(37-4)12-8-22/h5-12H,13-20H2,1-4H3. The number of carbonyl (C=O) groups excluding carboxylic acids is 1. The number of methoxy groups -OCH3 is 1. The van der Waals surface area contributed by atoms with Crippen LogP contribution in [0.15, 0.2) is 48.5 Å². The van der Waals surface area contributed by atoms with Crippen LogP contribution >= 0.6 is 0 Å². The topological polar surface area (TPSA) is 65.0 Å². The van der Waals surface area contributed by atoms with E-state index in [0.29, 0.717) is 19.5 Å². The third-order valence-electron chi connectivity index (χ3n) is 7.28. The number of aryl methyl sites for hydroxylation is 1. The van der Waals surface area contributed by atoms with Crippen LogP contribution in [-0.4, -0.2) is 74.7 Å². The summed E-state index contributed by atoms with van der Waals surface area (Å²) >= 11 is 0. The normalized spacial score (nSPS) is 15.4. The van der Waals surface area contributed by atoms with E-state index in [0.717, 1.165) is 66.9 Å². The Morgan fingerprint density at radius 3 is 2.24 bits per heavy atom. The zero-order valence-electron chi connectivity index (χ0n) is 22.3. The number of anilines is 3. The summed E-state index contributed by atoms with van der Waals surface area (Å²) < 4.78 is 5.23. The van der Waals surface area contributed by atoms with Gasteiger partial charge in [-0.15, -0.1) is 0 Å². The highest BCUT2D eigenvalue weighted by Gasteiger charge is 2.28. The van der Waals surface area contributed by atoms with Gasteiger partial charge in [0.25, 0.3) is 0 Å². The quantitative estimate of drug-likeness (QED) is 0.515. The number of hydrogen-bond donors (Lipinski definition) is 0. The number of nitrogens with zero attached hydrogens (tertiary/aromatic N) is 6. The van der Waals surface area contributed by atoms with Crippen LogP contribution in [0.4, 0.5) is 17.5 Å². The van der Waals surface area contributed by atoms with Gasteiger partial charge in [-0.3, -0.25) is 4.79 Å². The van der Waals surface area contributed by atoms with E-state index in [2.05, 4.69) is 41.0 Å². The molecular weight excluding hydrogens is 464 g/mol. The van der Waals surface area contributed by atoms with Crippen molar-refractivity contribution in [1.29, 1.82) is 0 Å². The summed E-state index contributed by atoms with van der Waals surface area (Å²) in [5.74, 6) is 2.62. The lowest BCUT2D eigenvalue weighted by Crippen LogP contribution is -2.47. The van der Waals surface area contributed by atoms with E-state index in [1.54, 1.807) is 7.11 Å². The molecule has 2 aromatic carbocycles. The molecule has 0 unspecified atom stereocenters. The summed E-state index contributed by atoms with van der Waals surface area (Å²) in [6, 6.07) is 16.4. The molecule has 2 aliphatic rings. The van der Waals surface area contributed by atoms with Crippen molar-refractivity contribution in [2.45, 2.75) is 26.3 Å². The fourth-order valence-electron chi connectivity index (χ4n) is 5.06. The molecule has 37 heavy (non-hydrogen) atoms. The van der Waals surface area contributed by atoms with E-state index >= 15 is 0 Å². The van der Waals surface area contributed by atoms with Crippen molar-refractivity contribution in [3.63, 3.8) is 0 Å². The summed E-state index contributed by atoms with van der Waals surface area (Å²) in [7, 11) is 5.67. The van der Waals surface area contributed by atoms with Crippen molar-refractivity contribution in [3.05, 3.63) is 70.9 Å². The first-order valence-corrected chi connectivity index (χ1v) is 13.0. The number of ether oxygens (including phenoxy) is 1. The molecule has 8 heteroatoms. The van der Waals surface area contributed by atoms with Gasteiger partial charge in [0.05, 0.1) is 25.8 Å². The minimum atomic E-state index is 0.122. The Balaban J connectivity index is 1.28. The molecule has 0 spiro atoms. The maximum absolute atomic E-state index is 13.1. The molecule has 0 radical (unpaired) electrons. The molecular formula is C29H36N6O2. The predicted molar refractivity (Wildman–Crippen MR) is 148 cm³/mol. The smallest absolute Gasteiger partial charge is 0.227 e. The average Bonchev–Trinajstić information content (AvgIpc) is 2.93. The van der Waals surface area contributed by atoms with Crippen LogP contribution in [0.3, 0.4) is 0 Å². The molecule has 3 heterocycles. The van der Waals surface area contributed by atoms with Crippen molar-refractivity contribution in [2.75, 3.05) is 68.6 Å². The van der Waals surface area contributed by atoms with E-state index in [1.807, 2.05) is 48.2 Å². The molecule has 0 aliphatic carbocycles. The Morgan fingerprint density at radius 2 is 1.59 bits per heavy atom. The summed E-state index contributed by atoms with van der Waals surface area (Å²) in [5, 5.41) is 0. The minimum Gasteiger partial charge on any atom is -0.497 e. The van der Waals surface area contributed by atoms with Crippen molar-refractivity contribution in [3.8, 4) is 5.75 Å². The Kier molecular flexibility index (Phi) is 7.17. The van der Waals surface area contributed by atoms with Gasteiger partial charge in [0.1, 0.15) is 11.6 Å². The maximum Gasteiger partial charge on any atom is 0.227 e. The zero-order valence-corrected chi connectivity index (χ0v) is 22.3. The number of amides is 1. The molecule has 5 rings (SSSR count). The molecule has 0 bridgehead atoms. The SMILES string of the molecule is COc1ccc(CC(=O)N2CCc3nc(N4CCN(c5ccc(C)cc5)CC4)nc(N(C)C)c3C2)cc1. The van der Waals surface area contributed by atoms with Crippen molar-refractivity contribution >= 4 is 23.4 Å². The van der Waals surface area contributed by atoms with Gasteiger partial charge in [0.15, 0.2) is 0 Å². The lowest BCUT2D eigenvalue weighted by molar-refractivity contribution is -0.131.